The van der Waals surface area contributed by atoms with Crippen molar-refractivity contribution in [1.29, 1.82) is 0 Å². The van der Waals surface area contributed by atoms with E-state index in [0.717, 1.165) is 6.42 Å². The van der Waals surface area contributed by atoms with Crippen LogP contribution in [0.4, 0.5) is 11.4 Å². The number of hydrogen-bond donors (Lipinski definition) is 2. The molecule has 1 fully saturated rings. The van der Waals surface area contributed by atoms with Gasteiger partial charge in [-0.1, -0.05) is 6.92 Å². The van der Waals surface area contributed by atoms with E-state index in [-0.39, 0.29) is 17.7 Å². The zero-order valence-corrected chi connectivity index (χ0v) is 11.3. The topological polar surface area (TPSA) is 67.4 Å². The van der Waals surface area contributed by atoms with Gasteiger partial charge < -0.3 is 15.4 Å². The molecular weight excluding hydrogens is 244 g/mol. The van der Waals surface area contributed by atoms with Gasteiger partial charge >= 0.3 is 0 Å². The molecule has 0 radical (unpaired) electrons. The Hall–Kier alpha value is -2.04. The van der Waals surface area contributed by atoms with Crippen LogP contribution < -0.4 is 15.4 Å². The number of hydrogen-bond acceptors (Lipinski definition) is 3. The third-order valence-corrected chi connectivity index (χ3v) is 3.23. The third kappa shape index (κ3) is 3.24. The Balaban J connectivity index is 2.10. The zero-order valence-electron chi connectivity index (χ0n) is 11.3. The van der Waals surface area contributed by atoms with Crippen molar-refractivity contribution in [3.05, 3.63) is 18.2 Å². The molecule has 1 saturated carbocycles. The maximum absolute atomic E-state index is 11.8. The van der Waals surface area contributed by atoms with Gasteiger partial charge in [-0.05, 0) is 24.5 Å². The van der Waals surface area contributed by atoms with Gasteiger partial charge in [0, 0.05) is 24.6 Å². The number of benzene rings is 1. The summed E-state index contributed by atoms with van der Waals surface area (Å²) in [4.78, 5) is 22.9. The molecule has 2 N–H and O–H groups in total. The Labute approximate surface area is 112 Å². The highest BCUT2D eigenvalue weighted by Crippen LogP contribution is 2.38. The van der Waals surface area contributed by atoms with Crippen LogP contribution in [0.2, 0.25) is 0 Å². The fourth-order valence-corrected chi connectivity index (χ4v) is 1.98. The highest BCUT2D eigenvalue weighted by atomic mass is 16.5. The minimum atomic E-state index is -0.165. The number of nitrogens with one attached hydrogen (secondary N) is 2. The van der Waals surface area contributed by atoms with E-state index in [2.05, 4.69) is 17.6 Å². The molecule has 0 spiro atoms. The van der Waals surface area contributed by atoms with E-state index >= 15 is 0 Å². The lowest BCUT2D eigenvalue weighted by Gasteiger charge is -2.11. The molecule has 0 unspecified atom stereocenters. The second kappa shape index (κ2) is 5.30. The maximum atomic E-state index is 11.8. The van der Waals surface area contributed by atoms with Crippen molar-refractivity contribution in [2.45, 2.75) is 20.3 Å². The SMILES string of the molecule is COc1cc(NC(=O)[C@H]2C[C@@H]2C)ccc1NC(C)=O. The molecule has 2 amide bonds. The quantitative estimate of drug-likeness (QED) is 0.874. The van der Waals surface area contributed by atoms with Gasteiger partial charge in [-0.3, -0.25) is 9.59 Å². The molecule has 0 aromatic heterocycles. The van der Waals surface area contributed by atoms with Crippen molar-refractivity contribution in [2.75, 3.05) is 17.7 Å². The Kier molecular flexibility index (Phi) is 3.74. The summed E-state index contributed by atoms with van der Waals surface area (Å²) in [7, 11) is 1.52. The fourth-order valence-electron chi connectivity index (χ4n) is 1.98. The molecule has 0 bridgehead atoms. The number of carbonyl (C=O) groups excluding carboxylic acids is 2. The van der Waals surface area contributed by atoms with Gasteiger partial charge in [-0.15, -0.1) is 0 Å². The summed E-state index contributed by atoms with van der Waals surface area (Å²) in [6, 6.07) is 5.17. The molecule has 1 aromatic carbocycles. The third-order valence-electron chi connectivity index (χ3n) is 3.23. The Morgan fingerprint density at radius 2 is 2.00 bits per heavy atom. The molecule has 102 valence electrons. The minimum Gasteiger partial charge on any atom is -0.494 e. The van der Waals surface area contributed by atoms with Crippen LogP contribution >= 0.6 is 0 Å². The number of anilines is 2. The molecule has 1 aromatic rings. The normalized spacial score (nSPS) is 20.6. The molecule has 1 aliphatic carbocycles. The number of methoxy groups -OCH3 is 1. The molecule has 0 saturated heterocycles. The van der Waals surface area contributed by atoms with Crippen LogP contribution in [0.5, 0.6) is 5.75 Å². The monoisotopic (exact) mass is 262 g/mol. The van der Waals surface area contributed by atoms with Crippen molar-refractivity contribution in [3.63, 3.8) is 0 Å². The first-order chi connectivity index (χ1) is 9.01. The predicted molar refractivity (Wildman–Crippen MR) is 73.2 cm³/mol. The molecule has 2 rings (SSSR count). The van der Waals surface area contributed by atoms with Gasteiger partial charge in [0.2, 0.25) is 11.8 Å². The van der Waals surface area contributed by atoms with Crippen molar-refractivity contribution in [1.82, 2.24) is 0 Å². The lowest BCUT2D eigenvalue weighted by atomic mass is 10.2. The molecule has 5 heteroatoms. The first-order valence-electron chi connectivity index (χ1n) is 6.27. The first kappa shape index (κ1) is 13.4. The molecule has 5 nitrogen and oxygen atoms in total. The van der Waals surface area contributed by atoms with Crippen LogP contribution in [-0.4, -0.2) is 18.9 Å². The van der Waals surface area contributed by atoms with Gasteiger partial charge in [-0.25, -0.2) is 0 Å². The van der Waals surface area contributed by atoms with E-state index in [1.165, 1.54) is 14.0 Å². The van der Waals surface area contributed by atoms with Gasteiger partial charge in [-0.2, -0.15) is 0 Å². The highest BCUT2D eigenvalue weighted by Gasteiger charge is 2.39. The largest absolute Gasteiger partial charge is 0.494 e. The van der Waals surface area contributed by atoms with Crippen LogP contribution in [0.25, 0.3) is 0 Å². The van der Waals surface area contributed by atoms with Crippen molar-refractivity contribution in [3.8, 4) is 5.75 Å². The molecule has 1 aliphatic rings. The second-order valence-electron chi connectivity index (χ2n) is 4.90. The van der Waals surface area contributed by atoms with Crippen LogP contribution in [-0.2, 0) is 9.59 Å². The first-order valence-corrected chi connectivity index (χ1v) is 6.27. The molecular formula is C14H18N2O3. The van der Waals surface area contributed by atoms with E-state index in [4.69, 9.17) is 4.74 Å². The van der Waals surface area contributed by atoms with Crippen molar-refractivity contribution < 1.29 is 14.3 Å². The highest BCUT2D eigenvalue weighted by molar-refractivity contribution is 5.96. The van der Waals surface area contributed by atoms with Gasteiger partial charge in [0.15, 0.2) is 0 Å². The minimum absolute atomic E-state index is 0.0434. The molecule has 19 heavy (non-hydrogen) atoms. The fraction of sp³-hybridized carbons (Fsp3) is 0.429. The van der Waals surface area contributed by atoms with Crippen LogP contribution in [0.15, 0.2) is 18.2 Å². The Bertz CT molecular complexity index is 513. The summed E-state index contributed by atoms with van der Waals surface area (Å²) in [5.41, 5.74) is 1.27. The lowest BCUT2D eigenvalue weighted by Crippen LogP contribution is -2.14. The summed E-state index contributed by atoms with van der Waals surface area (Å²) in [6.45, 7) is 3.49. The van der Waals surface area contributed by atoms with Crippen molar-refractivity contribution >= 4 is 23.2 Å². The number of amides is 2. The van der Waals surface area contributed by atoms with Crippen LogP contribution in [0.3, 0.4) is 0 Å². The number of ether oxygens (including phenoxy) is 1. The summed E-state index contributed by atoms with van der Waals surface area (Å²) in [6.07, 6.45) is 0.951. The summed E-state index contributed by atoms with van der Waals surface area (Å²) < 4.78 is 5.20. The maximum Gasteiger partial charge on any atom is 0.227 e. The summed E-state index contributed by atoms with van der Waals surface area (Å²) in [5, 5.41) is 5.53. The number of carbonyl (C=O) groups is 2. The zero-order chi connectivity index (χ0) is 14.0. The van der Waals surface area contributed by atoms with E-state index in [1.54, 1.807) is 18.2 Å². The van der Waals surface area contributed by atoms with E-state index in [1.807, 2.05) is 0 Å². The standard InChI is InChI=1S/C14H18N2O3/c1-8-6-11(8)14(18)16-10-4-5-12(15-9(2)17)13(7-10)19-3/h4-5,7-8,11H,6H2,1-3H3,(H,15,17)(H,16,18)/t8-,11-/m0/s1. The molecule has 0 heterocycles. The average molecular weight is 262 g/mol. The van der Waals surface area contributed by atoms with Crippen LogP contribution in [0, 0.1) is 11.8 Å². The summed E-state index contributed by atoms with van der Waals surface area (Å²) >= 11 is 0. The van der Waals surface area contributed by atoms with E-state index in [0.29, 0.717) is 23.0 Å². The second-order valence-corrected chi connectivity index (χ2v) is 4.90. The average Bonchev–Trinajstić information content (AvgIpc) is 3.08. The smallest absolute Gasteiger partial charge is 0.227 e. The van der Waals surface area contributed by atoms with Gasteiger partial charge in [0.05, 0.1) is 12.8 Å². The number of rotatable bonds is 4. The Morgan fingerprint density at radius 3 is 2.53 bits per heavy atom. The molecule has 2 atom stereocenters. The predicted octanol–water partition coefficient (Wildman–Crippen LogP) is 2.25. The summed E-state index contributed by atoms with van der Waals surface area (Å²) in [5.74, 6) is 1.00. The van der Waals surface area contributed by atoms with Gasteiger partial charge in [0.25, 0.3) is 0 Å². The Morgan fingerprint density at radius 1 is 1.32 bits per heavy atom. The van der Waals surface area contributed by atoms with Crippen LogP contribution in [0.1, 0.15) is 20.3 Å². The lowest BCUT2D eigenvalue weighted by molar-refractivity contribution is -0.117. The van der Waals surface area contributed by atoms with Gasteiger partial charge in [0.1, 0.15) is 5.75 Å². The molecule has 0 aliphatic heterocycles. The van der Waals surface area contributed by atoms with E-state index in [9.17, 15) is 9.59 Å². The van der Waals surface area contributed by atoms with E-state index < -0.39 is 0 Å². The van der Waals surface area contributed by atoms with Crippen molar-refractivity contribution in [2.24, 2.45) is 11.8 Å².